The molecule has 0 aliphatic heterocycles. The number of carboxylic acids is 1. The third-order valence-electron chi connectivity index (χ3n) is 2.22. The van der Waals surface area contributed by atoms with Gasteiger partial charge in [-0.05, 0) is 25.5 Å². The Morgan fingerprint density at radius 3 is 2.53 bits per heavy atom. The summed E-state index contributed by atoms with van der Waals surface area (Å²) in [4.78, 5) is 20.7. The highest BCUT2D eigenvalue weighted by Crippen LogP contribution is 2.19. The van der Waals surface area contributed by atoms with E-state index in [1.54, 1.807) is 19.2 Å². The summed E-state index contributed by atoms with van der Waals surface area (Å²) < 4.78 is 0. The maximum atomic E-state index is 10.8. The Labute approximate surface area is 86.2 Å². The summed E-state index contributed by atoms with van der Waals surface area (Å²) in [6.07, 6.45) is 1.67. The number of aromatic nitrogens is 3. The first-order valence-corrected chi connectivity index (χ1v) is 4.53. The number of carboxylic acid groups (broad SMARTS) is 1. The van der Waals surface area contributed by atoms with Crippen LogP contribution in [-0.2, 0) is 0 Å². The molecule has 0 saturated carbocycles. The van der Waals surface area contributed by atoms with Crippen LogP contribution in [0, 0.1) is 13.8 Å². The zero-order chi connectivity index (χ0) is 11.0. The summed E-state index contributed by atoms with van der Waals surface area (Å²) in [7, 11) is 0. The molecule has 0 fully saturated rings. The molecule has 5 heteroatoms. The molecule has 0 aliphatic rings. The molecule has 2 rings (SSSR count). The van der Waals surface area contributed by atoms with Crippen LogP contribution >= 0.6 is 0 Å². The van der Waals surface area contributed by atoms with Crippen molar-refractivity contribution in [3.63, 3.8) is 0 Å². The summed E-state index contributed by atoms with van der Waals surface area (Å²) in [6, 6.07) is 1.79. The summed E-state index contributed by atoms with van der Waals surface area (Å²) in [5.74, 6) is -0.149. The number of hydrogen-bond acceptors (Lipinski definition) is 2. The smallest absolute Gasteiger partial charge is 0.352 e. The van der Waals surface area contributed by atoms with Gasteiger partial charge in [0.05, 0.1) is 17.6 Å². The van der Waals surface area contributed by atoms with Crippen LogP contribution in [0.3, 0.4) is 0 Å². The van der Waals surface area contributed by atoms with Crippen LogP contribution in [0.4, 0.5) is 0 Å². The molecular formula is C10H11N3O2. The van der Waals surface area contributed by atoms with Crippen molar-refractivity contribution >= 4 is 5.97 Å². The Balaban J connectivity index is 2.46. The average Bonchev–Trinajstić information content (AvgIpc) is 2.71. The second-order valence-electron chi connectivity index (χ2n) is 3.43. The van der Waals surface area contributed by atoms with Crippen LogP contribution in [0.1, 0.15) is 21.9 Å². The summed E-state index contributed by atoms with van der Waals surface area (Å²) in [5.41, 5.74) is 2.47. The molecule has 78 valence electrons. The lowest BCUT2D eigenvalue weighted by molar-refractivity contribution is 0.0690. The van der Waals surface area contributed by atoms with Crippen molar-refractivity contribution in [2.24, 2.45) is 0 Å². The summed E-state index contributed by atoms with van der Waals surface area (Å²) in [6.45, 7) is 3.60. The van der Waals surface area contributed by atoms with Gasteiger partial charge in [-0.2, -0.15) is 0 Å². The highest BCUT2D eigenvalue weighted by molar-refractivity contribution is 5.88. The molecule has 0 amide bonds. The predicted octanol–water partition coefficient (Wildman–Crippen LogP) is 1.72. The molecule has 0 atom stereocenters. The van der Waals surface area contributed by atoms with Gasteiger partial charge in [0.1, 0.15) is 11.5 Å². The van der Waals surface area contributed by atoms with Gasteiger partial charge < -0.3 is 15.1 Å². The van der Waals surface area contributed by atoms with Gasteiger partial charge in [-0.3, -0.25) is 0 Å². The Morgan fingerprint density at radius 2 is 2.07 bits per heavy atom. The zero-order valence-corrected chi connectivity index (χ0v) is 8.46. The molecular weight excluding hydrogens is 194 g/mol. The molecule has 3 N–H and O–H groups in total. The van der Waals surface area contributed by atoms with Crippen molar-refractivity contribution in [1.29, 1.82) is 0 Å². The zero-order valence-electron chi connectivity index (χ0n) is 8.46. The molecule has 0 bridgehead atoms. The van der Waals surface area contributed by atoms with Gasteiger partial charge in [0.2, 0.25) is 0 Å². The number of nitrogens with zero attached hydrogens (tertiary/aromatic N) is 1. The molecule has 2 heterocycles. The van der Waals surface area contributed by atoms with E-state index in [2.05, 4.69) is 15.0 Å². The first-order valence-electron chi connectivity index (χ1n) is 4.53. The van der Waals surface area contributed by atoms with E-state index in [1.807, 2.05) is 6.92 Å². The molecule has 0 aromatic carbocycles. The van der Waals surface area contributed by atoms with Crippen molar-refractivity contribution in [3.05, 3.63) is 29.3 Å². The summed E-state index contributed by atoms with van der Waals surface area (Å²) in [5, 5.41) is 8.87. The van der Waals surface area contributed by atoms with Crippen molar-refractivity contribution in [2.45, 2.75) is 13.8 Å². The quantitative estimate of drug-likeness (QED) is 0.698. The van der Waals surface area contributed by atoms with Gasteiger partial charge in [-0.25, -0.2) is 9.78 Å². The van der Waals surface area contributed by atoms with E-state index in [-0.39, 0.29) is 5.69 Å². The third-order valence-corrected chi connectivity index (χ3v) is 2.22. The van der Waals surface area contributed by atoms with Crippen LogP contribution in [0.15, 0.2) is 12.3 Å². The second-order valence-corrected chi connectivity index (χ2v) is 3.43. The molecule has 0 spiro atoms. The van der Waals surface area contributed by atoms with Gasteiger partial charge in [-0.1, -0.05) is 0 Å². The Morgan fingerprint density at radius 1 is 1.33 bits per heavy atom. The van der Waals surface area contributed by atoms with E-state index in [0.29, 0.717) is 5.56 Å². The SMILES string of the molecule is Cc1ncc(-c2cc(C)c(C(=O)O)[nH]2)[nH]1. The van der Waals surface area contributed by atoms with Crippen LogP contribution in [0.5, 0.6) is 0 Å². The molecule has 0 saturated heterocycles. The van der Waals surface area contributed by atoms with Crippen molar-refractivity contribution in [1.82, 2.24) is 15.0 Å². The predicted molar refractivity (Wildman–Crippen MR) is 54.8 cm³/mol. The maximum Gasteiger partial charge on any atom is 0.352 e. The fraction of sp³-hybridized carbons (Fsp3) is 0.200. The second kappa shape index (κ2) is 3.27. The minimum Gasteiger partial charge on any atom is -0.477 e. The molecule has 2 aromatic rings. The first kappa shape index (κ1) is 9.51. The van der Waals surface area contributed by atoms with Gasteiger partial charge >= 0.3 is 5.97 Å². The number of carbonyl (C=O) groups is 1. The first-order chi connectivity index (χ1) is 7.08. The number of aromatic amines is 2. The van der Waals surface area contributed by atoms with E-state index in [1.165, 1.54) is 0 Å². The average molecular weight is 205 g/mol. The van der Waals surface area contributed by atoms with E-state index in [9.17, 15) is 4.79 Å². The minimum absolute atomic E-state index is 0.220. The van der Waals surface area contributed by atoms with Crippen LogP contribution in [-0.4, -0.2) is 26.0 Å². The molecule has 0 radical (unpaired) electrons. The normalized spacial score (nSPS) is 10.5. The number of imidazole rings is 1. The van der Waals surface area contributed by atoms with E-state index < -0.39 is 5.97 Å². The van der Waals surface area contributed by atoms with Crippen LogP contribution in [0.2, 0.25) is 0 Å². The highest BCUT2D eigenvalue weighted by Gasteiger charge is 2.12. The van der Waals surface area contributed by atoms with Crippen LogP contribution in [0.25, 0.3) is 11.4 Å². The lowest BCUT2D eigenvalue weighted by Crippen LogP contribution is -1.98. The van der Waals surface area contributed by atoms with E-state index in [0.717, 1.165) is 17.2 Å². The lowest BCUT2D eigenvalue weighted by Gasteiger charge is -1.91. The molecule has 5 nitrogen and oxygen atoms in total. The largest absolute Gasteiger partial charge is 0.477 e. The number of aromatic carboxylic acids is 1. The van der Waals surface area contributed by atoms with Crippen LogP contribution < -0.4 is 0 Å². The topological polar surface area (TPSA) is 81.8 Å². The number of hydrogen-bond donors (Lipinski definition) is 3. The van der Waals surface area contributed by atoms with E-state index in [4.69, 9.17) is 5.11 Å². The highest BCUT2D eigenvalue weighted by atomic mass is 16.4. The molecule has 2 aromatic heterocycles. The standard InChI is InChI=1S/C10H11N3O2/c1-5-3-7(13-9(5)10(14)15)8-4-11-6(2)12-8/h3-4,13H,1-2H3,(H,11,12)(H,14,15). The number of aryl methyl sites for hydroxylation is 2. The van der Waals surface area contributed by atoms with Gasteiger partial charge in [-0.15, -0.1) is 0 Å². The van der Waals surface area contributed by atoms with Crippen molar-refractivity contribution in [3.8, 4) is 11.4 Å². The third kappa shape index (κ3) is 1.63. The number of nitrogens with one attached hydrogen (secondary N) is 2. The van der Waals surface area contributed by atoms with Gasteiger partial charge in [0, 0.05) is 0 Å². The Kier molecular flexibility index (Phi) is 2.07. The van der Waals surface area contributed by atoms with E-state index >= 15 is 0 Å². The summed E-state index contributed by atoms with van der Waals surface area (Å²) >= 11 is 0. The molecule has 0 unspecified atom stereocenters. The van der Waals surface area contributed by atoms with Crippen molar-refractivity contribution in [2.75, 3.05) is 0 Å². The number of rotatable bonds is 2. The minimum atomic E-state index is -0.949. The molecule has 0 aliphatic carbocycles. The Hall–Kier alpha value is -2.04. The number of H-pyrrole nitrogens is 2. The molecule has 15 heavy (non-hydrogen) atoms. The maximum absolute atomic E-state index is 10.8. The fourth-order valence-electron chi connectivity index (χ4n) is 1.48. The lowest BCUT2D eigenvalue weighted by atomic mass is 10.2. The Bertz CT molecular complexity index is 510. The van der Waals surface area contributed by atoms with Gasteiger partial charge in [0.15, 0.2) is 0 Å². The fourth-order valence-corrected chi connectivity index (χ4v) is 1.48. The monoisotopic (exact) mass is 205 g/mol. The van der Waals surface area contributed by atoms with Crippen molar-refractivity contribution < 1.29 is 9.90 Å². The van der Waals surface area contributed by atoms with Gasteiger partial charge in [0.25, 0.3) is 0 Å².